The molecule has 1 aromatic carbocycles. The van der Waals surface area contributed by atoms with Gasteiger partial charge in [-0.15, -0.1) is 0 Å². The summed E-state index contributed by atoms with van der Waals surface area (Å²) in [4.78, 5) is 29.3. The molecule has 0 aliphatic carbocycles. The maximum atomic E-state index is 12.6. The van der Waals surface area contributed by atoms with Crippen molar-refractivity contribution in [2.45, 2.75) is 25.4 Å². The number of anilines is 1. The molecule has 0 radical (unpaired) electrons. The standard InChI is InChI=1S/C17H20N6O4S/c1-28(26,27)22-12-9-20-14-7-6-13(23(14)17(12)25)16(24)21-8-10-2-4-11(5-3-10)15(18)19/h2-5,9,13,22H,6-8H2,1H3,(H3,18,19)(H,21,24)/t13-/m0/s1. The van der Waals surface area contributed by atoms with E-state index in [0.29, 0.717) is 24.2 Å². The first-order valence-corrected chi connectivity index (χ1v) is 10.3. The van der Waals surface area contributed by atoms with E-state index in [-0.39, 0.29) is 24.0 Å². The molecule has 1 aromatic heterocycles. The number of rotatable bonds is 6. The lowest BCUT2D eigenvalue weighted by atomic mass is 10.1. The zero-order valence-corrected chi connectivity index (χ0v) is 15.9. The lowest BCUT2D eigenvalue weighted by molar-refractivity contribution is -0.124. The zero-order chi connectivity index (χ0) is 20.5. The van der Waals surface area contributed by atoms with Gasteiger partial charge in [-0.25, -0.2) is 13.4 Å². The van der Waals surface area contributed by atoms with E-state index in [1.54, 1.807) is 24.3 Å². The molecule has 1 aliphatic heterocycles. The summed E-state index contributed by atoms with van der Waals surface area (Å²) < 4.78 is 26.2. The molecule has 0 saturated heterocycles. The van der Waals surface area contributed by atoms with Crippen molar-refractivity contribution in [3.8, 4) is 0 Å². The smallest absolute Gasteiger partial charge is 0.278 e. The molecule has 0 unspecified atom stereocenters. The van der Waals surface area contributed by atoms with E-state index in [2.05, 4.69) is 15.0 Å². The molecular weight excluding hydrogens is 384 g/mol. The Hall–Kier alpha value is -3.21. The van der Waals surface area contributed by atoms with Crippen molar-refractivity contribution in [1.29, 1.82) is 5.41 Å². The Labute approximate surface area is 161 Å². The van der Waals surface area contributed by atoms with E-state index in [1.165, 1.54) is 10.8 Å². The number of benzene rings is 1. The zero-order valence-electron chi connectivity index (χ0n) is 15.1. The maximum Gasteiger partial charge on any atom is 0.278 e. The summed E-state index contributed by atoms with van der Waals surface area (Å²) >= 11 is 0. The Morgan fingerprint density at radius 2 is 2.04 bits per heavy atom. The van der Waals surface area contributed by atoms with Crippen molar-refractivity contribution in [2.24, 2.45) is 5.73 Å². The molecule has 148 valence electrons. The Morgan fingerprint density at radius 1 is 1.36 bits per heavy atom. The van der Waals surface area contributed by atoms with Crippen LogP contribution in [-0.2, 0) is 27.8 Å². The summed E-state index contributed by atoms with van der Waals surface area (Å²) in [6.07, 6.45) is 2.96. The van der Waals surface area contributed by atoms with Crippen LogP contribution in [0.25, 0.3) is 0 Å². The van der Waals surface area contributed by atoms with Crippen molar-refractivity contribution in [1.82, 2.24) is 14.9 Å². The quantitative estimate of drug-likeness (QED) is 0.382. The lowest BCUT2D eigenvalue weighted by Crippen LogP contribution is -2.36. The van der Waals surface area contributed by atoms with Crippen molar-refractivity contribution < 1.29 is 13.2 Å². The van der Waals surface area contributed by atoms with Gasteiger partial charge in [0.25, 0.3) is 5.56 Å². The summed E-state index contributed by atoms with van der Waals surface area (Å²) in [5.41, 5.74) is 6.02. The molecule has 3 rings (SSSR count). The number of nitrogens with two attached hydrogens (primary N) is 1. The number of hydrogen-bond donors (Lipinski definition) is 4. The summed E-state index contributed by atoms with van der Waals surface area (Å²) in [5.74, 6) is 0.0494. The van der Waals surface area contributed by atoms with E-state index in [1.807, 2.05) is 0 Å². The fourth-order valence-electron chi connectivity index (χ4n) is 3.03. The predicted octanol–water partition coefficient (Wildman–Crippen LogP) is -0.297. The number of hydrogen-bond acceptors (Lipinski definition) is 6. The minimum Gasteiger partial charge on any atom is -0.384 e. The Bertz CT molecular complexity index is 1090. The molecule has 5 N–H and O–H groups in total. The highest BCUT2D eigenvalue weighted by molar-refractivity contribution is 7.92. The highest BCUT2D eigenvalue weighted by Crippen LogP contribution is 2.23. The van der Waals surface area contributed by atoms with Gasteiger partial charge < -0.3 is 11.1 Å². The number of amides is 1. The molecule has 10 nitrogen and oxygen atoms in total. The predicted molar refractivity (Wildman–Crippen MR) is 104 cm³/mol. The van der Waals surface area contributed by atoms with Gasteiger partial charge in [-0.1, -0.05) is 24.3 Å². The van der Waals surface area contributed by atoms with E-state index >= 15 is 0 Å². The molecule has 11 heteroatoms. The molecule has 0 bridgehead atoms. The number of nitrogen functional groups attached to an aromatic ring is 1. The lowest BCUT2D eigenvalue weighted by Gasteiger charge is -2.15. The highest BCUT2D eigenvalue weighted by Gasteiger charge is 2.31. The molecule has 0 saturated carbocycles. The average molecular weight is 404 g/mol. The van der Waals surface area contributed by atoms with Crippen LogP contribution >= 0.6 is 0 Å². The van der Waals surface area contributed by atoms with E-state index in [9.17, 15) is 18.0 Å². The van der Waals surface area contributed by atoms with Gasteiger partial charge in [0.1, 0.15) is 23.4 Å². The van der Waals surface area contributed by atoms with Gasteiger partial charge in [0, 0.05) is 18.5 Å². The highest BCUT2D eigenvalue weighted by atomic mass is 32.2. The van der Waals surface area contributed by atoms with Crippen LogP contribution in [-0.4, -0.2) is 36.0 Å². The molecule has 2 aromatic rings. The number of aromatic nitrogens is 2. The normalized spacial score (nSPS) is 15.7. The van der Waals surface area contributed by atoms with Crippen molar-refractivity contribution in [2.75, 3.05) is 11.0 Å². The van der Waals surface area contributed by atoms with Crippen LogP contribution in [0.3, 0.4) is 0 Å². The van der Waals surface area contributed by atoms with Crippen LogP contribution < -0.4 is 21.3 Å². The van der Waals surface area contributed by atoms with Gasteiger partial charge in [-0.3, -0.25) is 24.3 Å². The number of fused-ring (bicyclic) bond motifs is 1. The average Bonchev–Trinajstić information content (AvgIpc) is 3.06. The third-order valence-corrected chi connectivity index (χ3v) is 4.94. The van der Waals surface area contributed by atoms with Crippen LogP contribution in [0.2, 0.25) is 0 Å². The third-order valence-electron chi connectivity index (χ3n) is 4.35. The number of aryl methyl sites for hydroxylation is 1. The largest absolute Gasteiger partial charge is 0.384 e. The van der Waals surface area contributed by atoms with Gasteiger partial charge in [0.05, 0.1) is 12.5 Å². The SMILES string of the molecule is CS(=O)(=O)Nc1cnc2n(c1=O)[C@H](C(=O)NCc1ccc(C(=N)N)cc1)CC2. The van der Waals surface area contributed by atoms with Crippen molar-refractivity contribution in [3.63, 3.8) is 0 Å². The van der Waals surface area contributed by atoms with Crippen LogP contribution in [0.5, 0.6) is 0 Å². The number of nitrogens with zero attached hydrogens (tertiary/aromatic N) is 2. The second-order valence-electron chi connectivity index (χ2n) is 6.52. The molecule has 1 atom stereocenters. The number of amidine groups is 1. The minimum atomic E-state index is -3.64. The van der Waals surface area contributed by atoms with Crippen LogP contribution in [0.1, 0.15) is 29.4 Å². The Morgan fingerprint density at radius 3 is 2.64 bits per heavy atom. The summed E-state index contributed by atoms with van der Waals surface area (Å²) in [6.45, 7) is 0.242. The molecule has 0 spiro atoms. The van der Waals surface area contributed by atoms with Gasteiger partial charge >= 0.3 is 0 Å². The van der Waals surface area contributed by atoms with Crippen LogP contribution in [0.15, 0.2) is 35.3 Å². The number of sulfonamides is 1. The molecule has 1 aliphatic rings. The van der Waals surface area contributed by atoms with Gasteiger partial charge in [0.2, 0.25) is 15.9 Å². The topological polar surface area (TPSA) is 160 Å². The fourth-order valence-corrected chi connectivity index (χ4v) is 3.57. The summed E-state index contributed by atoms with van der Waals surface area (Å²) in [5, 5.41) is 10.2. The molecule has 2 heterocycles. The van der Waals surface area contributed by atoms with Crippen LogP contribution in [0.4, 0.5) is 5.69 Å². The van der Waals surface area contributed by atoms with Crippen molar-refractivity contribution in [3.05, 3.63) is 57.8 Å². The maximum absolute atomic E-state index is 12.6. The van der Waals surface area contributed by atoms with Crippen LogP contribution in [0, 0.1) is 5.41 Å². The second kappa shape index (κ2) is 7.43. The van der Waals surface area contributed by atoms with Gasteiger partial charge in [0.15, 0.2) is 0 Å². The fraction of sp³-hybridized carbons (Fsp3) is 0.294. The van der Waals surface area contributed by atoms with E-state index in [4.69, 9.17) is 11.1 Å². The third kappa shape index (κ3) is 4.19. The monoisotopic (exact) mass is 404 g/mol. The Balaban J connectivity index is 1.75. The Kier molecular flexibility index (Phi) is 5.18. The second-order valence-corrected chi connectivity index (χ2v) is 8.27. The van der Waals surface area contributed by atoms with Gasteiger partial charge in [-0.05, 0) is 12.0 Å². The first kappa shape index (κ1) is 19.5. The van der Waals surface area contributed by atoms with E-state index < -0.39 is 21.6 Å². The molecular formula is C17H20N6O4S. The minimum absolute atomic E-state index is 0.0384. The molecule has 1 amide bonds. The number of nitrogens with one attached hydrogen (secondary N) is 3. The number of carbonyl (C=O) groups excluding carboxylic acids is 1. The first-order chi connectivity index (χ1) is 13.2. The molecule has 0 fully saturated rings. The van der Waals surface area contributed by atoms with Crippen molar-refractivity contribution >= 4 is 27.5 Å². The van der Waals surface area contributed by atoms with Gasteiger partial charge in [-0.2, -0.15) is 0 Å². The number of carbonyl (C=O) groups is 1. The van der Waals surface area contributed by atoms with E-state index in [0.717, 1.165) is 11.8 Å². The summed E-state index contributed by atoms with van der Waals surface area (Å²) in [7, 11) is -3.64. The summed E-state index contributed by atoms with van der Waals surface area (Å²) in [6, 6.07) is 6.12. The first-order valence-electron chi connectivity index (χ1n) is 8.45. The molecule has 28 heavy (non-hydrogen) atoms.